The summed E-state index contributed by atoms with van der Waals surface area (Å²) >= 11 is 0. The molecule has 5 heteroatoms. The highest BCUT2D eigenvalue weighted by molar-refractivity contribution is 5.92. The summed E-state index contributed by atoms with van der Waals surface area (Å²) in [6.07, 6.45) is 6.98. The molecule has 5 nitrogen and oxygen atoms in total. The number of likely N-dealkylation sites (tertiary alicyclic amines) is 2. The molecule has 4 rings (SSSR count). The van der Waals surface area contributed by atoms with Crippen LogP contribution in [0.2, 0.25) is 0 Å². The predicted octanol–water partition coefficient (Wildman–Crippen LogP) is 3.40. The highest BCUT2D eigenvalue weighted by atomic mass is 16.2. The fourth-order valence-electron chi connectivity index (χ4n) is 4.45. The molecule has 2 aliphatic rings. The molecule has 1 aromatic carbocycles. The summed E-state index contributed by atoms with van der Waals surface area (Å²) in [4.78, 5) is 17.4. The molecule has 2 aliphatic heterocycles. The summed E-state index contributed by atoms with van der Waals surface area (Å²) in [5.41, 5.74) is 3.50. The van der Waals surface area contributed by atoms with Gasteiger partial charge in [0.05, 0.1) is 12.6 Å². The molecule has 2 fully saturated rings. The standard InChI is InChI=1S/C22H30N4O/c1-24-12-4-6-20(24)21-7-5-15-26(21)17-22(27)23-19-10-8-18(9-11-19)16-25-13-2-3-14-25/h4,6,8-12,21H,2-3,5,7,13-17H2,1H3,(H,23,27)/t21-/m0/s1. The van der Waals surface area contributed by atoms with Crippen molar-refractivity contribution in [2.24, 2.45) is 7.05 Å². The van der Waals surface area contributed by atoms with E-state index in [0.29, 0.717) is 12.6 Å². The maximum Gasteiger partial charge on any atom is 0.238 e. The predicted molar refractivity (Wildman–Crippen MR) is 109 cm³/mol. The van der Waals surface area contributed by atoms with E-state index in [1.54, 1.807) is 0 Å². The van der Waals surface area contributed by atoms with Crippen molar-refractivity contribution in [3.05, 3.63) is 53.9 Å². The smallest absolute Gasteiger partial charge is 0.238 e. The second-order valence-electron chi connectivity index (χ2n) is 7.90. The fraction of sp³-hybridized carbons (Fsp3) is 0.500. The summed E-state index contributed by atoms with van der Waals surface area (Å²) in [5, 5.41) is 3.07. The van der Waals surface area contributed by atoms with Crippen LogP contribution in [-0.4, -0.2) is 46.5 Å². The molecule has 1 N–H and O–H groups in total. The van der Waals surface area contributed by atoms with E-state index in [0.717, 1.165) is 31.6 Å². The molecule has 1 aromatic heterocycles. The van der Waals surface area contributed by atoms with E-state index in [1.807, 2.05) is 12.1 Å². The van der Waals surface area contributed by atoms with Gasteiger partial charge in [0.15, 0.2) is 0 Å². The van der Waals surface area contributed by atoms with Crippen molar-refractivity contribution < 1.29 is 4.79 Å². The minimum absolute atomic E-state index is 0.0726. The van der Waals surface area contributed by atoms with Crippen molar-refractivity contribution in [3.8, 4) is 0 Å². The average molecular weight is 367 g/mol. The summed E-state index contributed by atoms with van der Waals surface area (Å²) in [6.45, 7) is 4.86. The molecule has 3 heterocycles. The van der Waals surface area contributed by atoms with Crippen LogP contribution in [0.3, 0.4) is 0 Å². The fourth-order valence-corrected chi connectivity index (χ4v) is 4.45. The molecular weight excluding hydrogens is 336 g/mol. The van der Waals surface area contributed by atoms with Gasteiger partial charge in [-0.15, -0.1) is 0 Å². The Balaban J connectivity index is 1.31. The van der Waals surface area contributed by atoms with Crippen LogP contribution >= 0.6 is 0 Å². The van der Waals surface area contributed by atoms with E-state index in [4.69, 9.17) is 0 Å². The Bertz CT molecular complexity index is 761. The first kappa shape index (κ1) is 18.3. The molecule has 0 bridgehead atoms. The summed E-state index contributed by atoms with van der Waals surface area (Å²) in [6, 6.07) is 12.9. The van der Waals surface area contributed by atoms with Crippen molar-refractivity contribution in [2.45, 2.75) is 38.3 Å². The van der Waals surface area contributed by atoms with Gasteiger partial charge in [-0.2, -0.15) is 0 Å². The number of carbonyl (C=O) groups excluding carboxylic acids is 1. The van der Waals surface area contributed by atoms with Gasteiger partial charge in [0.1, 0.15) is 0 Å². The van der Waals surface area contributed by atoms with Crippen LogP contribution in [0.15, 0.2) is 42.6 Å². The van der Waals surface area contributed by atoms with Crippen molar-refractivity contribution in [1.29, 1.82) is 0 Å². The third-order valence-electron chi connectivity index (χ3n) is 5.88. The number of aromatic nitrogens is 1. The van der Waals surface area contributed by atoms with Crippen LogP contribution in [0, 0.1) is 0 Å². The van der Waals surface area contributed by atoms with Gasteiger partial charge in [-0.1, -0.05) is 12.1 Å². The Kier molecular flexibility index (Phi) is 5.60. The molecule has 27 heavy (non-hydrogen) atoms. The Morgan fingerprint density at radius 3 is 2.56 bits per heavy atom. The summed E-state index contributed by atoms with van der Waals surface area (Å²) in [7, 11) is 2.08. The zero-order chi connectivity index (χ0) is 18.6. The molecule has 1 amide bonds. The first-order valence-electron chi connectivity index (χ1n) is 10.2. The van der Waals surface area contributed by atoms with Crippen LogP contribution in [-0.2, 0) is 18.4 Å². The molecule has 1 atom stereocenters. The van der Waals surface area contributed by atoms with Crippen LogP contribution < -0.4 is 5.32 Å². The van der Waals surface area contributed by atoms with Crippen molar-refractivity contribution in [3.63, 3.8) is 0 Å². The molecule has 0 saturated carbocycles. The van der Waals surface area contributed by atoms with Gasteiger partial charge in [0.2, 0.25) is 5.91 Å². The molecule has 2 aromatic rings. The van der Waals surface area contributed by atoms with E-state index in [2.05, 4.69) is 57.2 Å². The number of aryl methyl sites for hydroxylation is 1. The largest absolute Gasteiger partial charge is 0.353 e. The Labute approximate surface area is 162 Å². The SMILES string of the molecule is Cn1cccc1[C@@H]1CCCN1CC(=O)Nc1ccc(CN2CCCC2)cc1. The maximum atomic E-state index is 12.6. The third kappa shape index (κ3) is 4.42. The average Bonchev–Trinajstić information content (AvgIpc) is 3.39. The minimum atomic E-state index is 0.0726. The van der Waals surface area contributed by atoms with E-state index in [9.17, 15) is 4.79 Å². The molecule has 2 saturated heterocycles. The molecule has 0 spiro atoms. The Morgan fingerprint density at radius 1 is 1.07 bits per heavy atom. The summed E-state index contributed by atoms with van der Waals surface area (Å²) < 4.78 is 2.17. The summed E-state index contributed by atoms with van der Waals surface area (Å²) in [5.74, 6) is 0.0726. The van der Waals surface area contributed by atoms with Crippen LogP contribution in [0.5, 0.6) is 0 Å². The number of anilines is 1. The number of nitrogens with one attached hydrogen (secondary N) is 1. The molecule has 0 unspecified atom stereocenters. The van der Waals surface area contributed by atoms with Gasteiger partial charge in [-0.05, 0) is 75.1 Å². The van der Waals surface area contributed by atoms with Crippen molar-refractivity contribution in [2.75, 3.05) is 31.5 Å². The number of carbonyl (C=O) groups is 1. The first-order chi connectivity index (χ1) is 13.2. The quantitative estimate of drug-likeness (QED) is 0.852. The van der Waals surface area contributed by atoms with E-state index >= 15 is 0 Å². The highest BCUT2D eigenvalue weighted by Gasteiger charge is 2.28. The van der Waals surface area contributed by atoms with E-state index in [-0.39, 0.29) is 5.91 Å². The topological polar surface area (TPSA) is 40.5 Å². The van der Waals surface area contributed by atoms with Crippen molar-refractivity contribution >= 4 is 11.6 Å². The van der Waals surface area contributed by atoms with Crippen LogP contribution in [0.25, 0.3) is 0 Å². The number of rotatable bonds is 6. The normalized spacial score (nSPS) is 21.0. The minimum Gasteiger partial charge on any atom is -0.353 e. The number of benzene rings is 1. The van der Waals surface area contributed by atoms with Gasteiger partial charge in [-0.3, -0.25) is 14.6 Å². The Hall–Kier alpha value is -2.11. The monoisotopic (exact) mass is 366 g/mol. The second kappa shape index (κ2) is 8.28. The highest BCUT2D eigenvalue weighted by Crippen LogP contribution is 2.31. The number of amides is 1. The zero-order valence-electron chi connectivity index (χ0n) is 16.2. The lowest BCUT2D eigenvalue weighted by Crippen LogP contribution is -2.33. The third-order valence-corrected chi connectivity index (χ3v) is 5.88. The van der Waals surface area contributed by atoms with Crippen LogP contribution in [0.1, 0.15) is 43.0 Å². The van der Waals surface area contributed by atoms with Gasteiger partial charge in [-0.25, -0.2) is 0 Å². The molecular formula is C22H30N4O. The maximum absolute atomic E-state index is 12.6. The van der Waals surface area contributed by atoms with Gasteiger partial charge in [0, 0.05) is 31.2 Å². The molecule has 144 valence electrons. The van der Waals surface area contributed by atoms with Crippen molar-refractivity contribution in [1.82, 2.24) is 14.4 Å². The number of hydrogen-bond acceptors (Lipinski definition) is 3. The lowest BCUT2D eigenvalue weighted by Gasteiger charge is -2.24. The van der Waals surface area contributed by atoms with E-state index in [1.165, 1.54) is 37.2 Å². The molecule has 0 radical (unpaired) electrons. The van der Waals surface area contributed by atoms with Gasteiger partial charge >= 0.3 is 0 Å². The van der Waals surface area contributed by atoms with Gasteiger partial charge in [0.25, 0.3) is 0 Å². The number of hydrogen-bond donors (Lipinski definition) is 1. The molecule has 0 aliphatic carbocycles. The first-order valence-corrected chi connectivity index (χ1v) is 10.2. The number of nitrogens with zero attached hydrogens (tertiary/aromatic N) is 3. The zero-order valence-corrected chi connectivity index (χ0v) is 16.2. The Morgan fingerprint density at radius 2 is 1.85 bits per heavy atom. The lowest BCUT2D eigenvalue weighted by atomic mass is 10.1. The van der Waals surface area contributed by atoms with Gasteiger partial charge < -0.3 is 9.88 Å². The van der Waals surface area contributed by atoms with E-state index < -0.39 is 0 Å². The second-order valence-corrected chi connectivity index (χ2v) is 7.90. The van der Waals surface area contributed by atoms with Crippen LogP contribution in [0.4, 0.5) is 5.69 Å². The lowest BCUT2D eigenvalue weighted by molar-refractivity contribution is -0.117.